The average Bonchev–Trinajstić information content (AvgIpc) is 2.96. The lowest BCUT2D eigenvalue weighted by Crippen LogP contribution is -2.18. The number of methoxy groups -OCH3 is 1. The number of rotatable bonds is 5. The molecule has 0 aliphatic carbocycles. The third-order valence-corrected chi connectivity index (χ3v) is 3.01. The molecule has 22 heavy (non-hydrogen) atoms. The first-order valence-corrected chi connectivity index (χ1v) is 6.76. The Morgan fingerprint density at radius 2 is 2.09 bits per heavy atom. The number of nitrogens with one attached hydrogen (secondary N) is 1. The molecule has 6 heteroatoms. The van der Waals surface area contributed by atoms with E-state index in [0.29, 0.717) is 23.0 Å². The smallest absolute Gasteiger partial charge is 0.275 e. The molecule has 1 amide bonds. The first-order valence-electron chi connectivity index (χ1n) is 6.76. The van der Waals surface area contributed by atoms with Crippen LogP contribution in [0.3, 0.4) is 0 Å². The van der Waals surface area contributed by atoms with Gasteiger partial charge in [0.15, 0.2) is 5.88 Å². The molecule has 0 aliphatic heterocycles. The first-order chi connectivity index (χ1) is 10.5. The van der Waals surface area contributed by atoms with E-state index in [9.17, 15) is 4.79 Å². The van der Waals surface area contributed by atoms with Gasteiger partial charge in [0, 0.05) is 20.2 Å². The highest BCUT2D eigenvalue weighted by molar-refractivity contribution is 5.97. The Morgan fingerprint density at radius 1 is 1.32 bits per heavy atom. The molecule has 1 aromatic heterocycles. The van der Waals surface area contributed by atoms with Crippen LogP contribution in [0.2, 0.25) is 0 Å². The van der Waals surface area contributed by atoms with Crippen LogP contribution in [0.1, 0.15) is 21.7 Å². The number of amides is 1. The molecule has 2 rings (SSSR count). The van der Waals surface area contributed by atoms with Crippen molar-refractivity contribution >= 4 is 18.0 Å². The molecule has 0 aliphatic rings. The first kappa shape index (κ1) is 15.6. The largest absolute Gasteiger partial charge is 0.496 e. The summed E-state index contributed by atoms with van der Waals surface area (Å²) < 4.78 is 10.7. The maximum absolute atomic E-state index is 12.1. The van der Waals surface area contributed by atoms with Crippen molar-refractivity contribution in [2.45, 2.75) is 6.92 Å². The number of carbonyl (C=O) groups is 1. The fraction of sp³-hybridized carbons (Fsp3) is 0.250. The van der Waals surface area contributed by atoms with E-state index < -0.39 is 0 Å². The van der Waals surface area contributed by atoms with Crippen LogP contribution in [0.4, 0.5) is 5.88 Å². The van der Waals surface area contributed by atoms with Gasteiger partial charge in [0.25, 0.3) is 5.91 Å². The van der Waals surface area contributed by atoms with E-state index in [1.807, 2.05) is 38.1 Å². The zero-order chi connectivity index (χ0) is 16.1. The van der Waals surface area contributed by atoms with E-state index in [1.54, 1.807) is 18.2 Å². The summed E-state index contributed by atoms with van der Waals surface area (Å²) in [5.41, 5.74) is 3.90. The Kier molecular flexibility index (Phi) is 4.83. The molecule has 1 heterocycles. The van der Waals surface area contributed by atoms with Crippen LogP contribution >= 0.6 is 0 Å². The van der Waals surface area contributed by atoms with E-state index in [0.717, 1.165) is 5.56 Å². The van der Waals surface area contributed by atoms with Crippen LogP contribution in [-0.2, 0) is 0 Å². The highest BCUT2D eigenvalue weighted by Crippen LogP contribution is 2.19. The number of aryl methyl sites for hydroxylation is 1. The van der Waals surface area contributed by atoms with Gasteiger partial charge in [-0.25, -0.2) is 5.43 Å². The summed E-state index contributed by atoms with van der Waals surface area (Å²) in [6.45, 7) is 1.93. The molecule has 0 spiro atoms. The van der Waals surface area contributed by atoms with Gasteiger partial charge in [0.05, 0.1) is 18.9 Å². The van der Waals surface area contributed by atoms with Gasteiger partial charge < -0.3 is 14.1 Å². The Labute approximate surface area is 129 Å². The Hall–Kier alpha value is -2.76. The molecular formula is C16H19N3O3. The van der Waals surface area contributed by atoms with Crippen LogP contribution < -0.4 is 15.1 Å². The summed E-state index contributed by atoms with van der Waals surface area (Å²) in [7, 11) is 5.29. The summed E-state index contributed by atoms with van der Waals surface area (Å²) in [6.07, 6.45) is 1.45. The zero-order valence-corrected chi connectivity index (χ0v) is 13.1. The number of hydrazone groups is 1. The number of nitrogens with zero attached hydrogens (tertiary/aromatic N) is 2. The molecule has 116 valence electrons. The van der Waals surface area contributed by atoms with Crippen molar-refractivity contribution in [1.29, 1.82) is 0 Å². The van der Waals surface area contributed by atoms with Gasteiger partial charge in [-0.1, -0.05) is 6.07 Å². The van der Waals surface area contributed by atoms with Gasteiger partial charge in [0.2, 0.25) is 0 Å². The van der Waals surface area contributed by atoms with Gasteiger partial charge in [0.1, 0.15) is 11.5 Å². The molecule has 1 N–H and O–H groups in total. The summed E-state index contributed by atoms with van der Waals surface area (Å²) in [4.78, 5) is 13.9. The van der Waals surface area contributed by atoms with Crippen molar-refractivity contribution in [2.75, 3.05) is 26.1 Å². The van der Waals surface area contributed by atoms with Gasteiger partial charge in [-0.15, -0.1) is 0 Å². The molecule has 0 fully saturated rings. The predicted molar refractivity (Wildman–Crippen MR) is 85.8 cm³/mol. The summed E-state index contributed by atoms with van der Waals surface area (Å²) >= 11 is 0. The van der Waals surface area contributed by atoms with E-state index in [4.69, 9.17) is 9.15 Å². The third-order valence-electron chi connectivity index (χ3n) is 3.01. The fourth-order valence-electron chi connectivity index (χ4n) is 1.85. The Balaban J connectivity index is 2.04. The van der Waals surface area contributed by atoms with Gasteiger partial charge >= 0.3 is 0 Å². The number of benzene rings is 1. The lowest BCUT2D eigenvalue weighted by atomic mass is 10.1. The Bertz CT molecular complexity index is 690. The molecule has 0 unspecified atom stereocenters. The van der Waals surface area contributed by atoms with E-state index in [1.165, 1.54) is 13.3 Å². The van der Waals surface area contributed by atoms with Gasteiger partial charge in [-0.05, 0) is 30.7 Å². The maximum atomic E-state index is 12.1. The van der Waals surface area contributed by atoms with E-state index in [-0.39, 0.29) is 5.91 Å². The normalized spacial score (nSPS) is 10.7. The molecule has 0 saturated carbocycles. The third kappa shape index (κ3) is 3.66. The molecule has 1 aromatic carbocycles. The number of anilines is 1. The van der Waals surface area contributed by atoms with Crippen LogP contribution in [0.5, 0.6) is 5.75 Å². The lowest BCUT2D eigenvalue weighted by molar-refractivity contribution is 0.0952. The predicted octanol–water partition coefficient (Wildman–Crippen LogP) is 2.43. The number of carbonyl (C=O) groups excluding carboxylic acids is 1. The SMILES string of the molecule is COc1cc(C)ccc1C(=O)N/N=C\c1ccc(N(C)C)o1. The highest BCUT2D eigenvalue weighted by Gasteiger charge is 2.11. The quantitative estimate of drug-likeness (QED) is 0.680. The number of hydrogen-bond donors (Lipinski definition) is 1. The minimum atomic E-state index is -0.340. The Morgan fingerprint density at radius 3 is 2.73 bits per heavy atom. The van der Waals surface area contributed by atoms with Crippen molar-refractivity contribution < 1.29 is 13.9 Å². The van der Waals surface area contributed by atoms with Crippen molar-refractivity contribution in [3.8, 4) is 5.75 Å². The summed E-state index contributed by atoms with van der Waals surface area (Å²) in [5, 5.41) is 3.90. The topological polar surface area (TPSA) is 67.1 Å². The van der Waals surface area contributed by atoms with Crippen molar-refractivity contribution in [2.24, 2.45) is 5.10 Å². The molecule has 0 radical (unpaired) electrons. The second-order valence-corrected chi connectivity index (χ2v) is 4.97. The van der Waals surface area contributed by atoms with Crippen LogP contribution in [0.15, 0.2) is 39.9 Å². The molecule has 0 bridgehead atoms. The van der Waals surface area contributed by atoms with E-state index in [2.05, 4.69) is 10.5 Å². The number of ether oxygens (including phenoxy) is 1. The number of hydrogen-bond acceptors (Lipinski definition) is 5. The average molecular weight is 301 g/mol. The van der Waals surface area contributed by atoms with Crippen molar-refractivity contribution in [3.05, 3.63) is 47.2 Å². The van der Waals surface area contributed by atoms with E-state index >= 15 is 0 Å². The van der Waals surface area contributed by atoms with Crippen LogP contribution in [0, 0.1) is 6.92 Å². The number of furan rings is 1. The lowest BCUT2D eigenvalue weighted by Gasteiger charge is -2.07. The molecular weight excluding hydrogens is 282 g/mol. The van der Waals surface area contributed by atoms with Gasteiger partial charge in [-0.2, -0.15) is 5.10 Å². The minimum absolute atomic E-state index is 0.340. The van der Waals surface area contributed by atoms with Gasteiger partial charge in [-0.3, -0.25) is 4.79 Å². The molecule has 6 nitrogen and oxygen atoms in total. The molecule has 0 atom stereocenters. The summed E-state index contributed by atoms with van der Waals surface area (Å²) in [6, 6.07) is 8.95. The van der Waals surface area contributed by atoms with Crippen LogP contribution in [-0.4, -0.2) is 33.3 Å². The molecule has 0 saturated heterocycles. The zero-order valence-electron chi connectivity index (χ0n) is 13.1. The molecule has 2 aromatic rings. The highest BCUT2D eigenvalue weighted by atomic mass is 16.5. The summed E-state index contributed by atoms with van der Waals surface area (Å²) in [5.74, 6) is 1.45. The monoisotopic (exact) mass is 301 g/mol. The standard InChI is InChI=1S/C16H19N3O3/c1-11-5-7-13(14(9-11)21-4)16(20)18-17-10-12-6-8-15(22-12)19(2)3/h5-10H,1-4H3,(H,18,20)/b17-10-. The van der Waals surface area contributed by atoms with Crippen molar-refractivity contribution in [1.82, 2.24) is 5.43 Å². The van der Waals surface area contributed by atoms with Crippen molar-refractivity contribution in [3.63, 3.8) is 0 Å². The second kappa shape index (κ2) is 6.80. The van der Waals surface area contributed by atoms with Crippen LogP contribution in [0.25, 0.3) is 0 Å². The fourth-order valence-corrected chi connectivity index (χ4v) is 1.85. The minimum Gasteiger partial charge on any atom is -0.496 e. The maximum Gasteiger partial charge on any atom is 0.275 e. The second-order valence-electron chi connectivity index (χ2n) is 4.97.